The molecule has 0 fully saturated rings. The van der Waals surface area contributed by atoms with Gasteiger partial charge in [-0.15, -0.1) is 11.3 Å². The van der Waals surface area contributed by atoms with E-state index < -0.39 is 0 Å². The number of aromatic nitrogens is 2. The van der Waals surface area contributed by atoms with Crippen molar-refractivity contribution in [3.8, 4) is 17.2 Å². The zero-order chi connectivity index (χ0) is 22.5. The van der Waals surface area contributed by atoms with Crippen molar-refractivity contribution in [3.63, 3.8) is 0 Å². The summed E-state index contributed by atoms with van der Waals surface area (Å²) in [5.41, 5.74) is 1.05. The van der Waals surface area contributed by atoms with E-state index >= 15 is 0 Å². The first-order valence-corrected chi connectivity index (χ1v) is 10.6. The van der Waals surface area contributed by atoms with Gasteiger partial charge < -0.3 is 19.5 Å². The molecule has 9 heteroatoms. The second-order valence-electron chi connectivity index (χ2n) is 6.91. The topological polar surface area (TPSA) is 91.2 Å². The highest BCUT2D eigenvalue weighted by Gasteiger charge is 2.07. The van der Waals surface area contributed by atoms with Crippen LogP contribution in [0.25, 0.3) is 4.96 Å². The highest BCUT2D eigenvalue weighted by molar-refractivity contribution is 7.16. The minimum Gasteiger partial charge on any atom is -0.497 e. The van der Waals surface area contributed by atoms with Crippen LogP contribution in [0.2, 0.25) is 0 Å². The number of amides is 1. The molecule has 2 heterocycles. The van der Waals surface area contributed by atoms with Crippen LogP contribution in [0.1, 0.15) is 10.6 Å². The maximum Gasteiger partial charge on any atom is 0.262 e. The van der Waals surface area contributed by atoms with Gasteiger partial charge in [-0.3, -0.25) is 14.0 Å². The van der Waals surface area contributed by atoms with Gasteiger partial charge in [-0.05, 0) is 55.5 Å². The van der Waals surface area contributed by atoms with Crippen molar-refractivity contribution < 1.29 is 19.0 Å². The number of rotatable bonds is 8. The molecular formula is C23H21N3O5S. The summed E-state index contributed by atoms with van der Waals surface area (Å²) in [6.45, 7) is 1.99. The van der Waals surface area contributed by atoms with Crippen LogP contribution in [-0.2, 0) is 11.4 Å². The summed E-state index contributed by atoms with van der Waals surface area (Å²) in [4.78, 5) is 30.4. The van der Waals surface area contributed by atoms with Crippen LogP contribution < -0.4 is 25.1 Å². The van der Waals surface area contributed by atoms with Gasteiger partial charge in [-0.1, -0.05) is 0 Å². The standard InChI is InChI=1S/C23H21N3O5S/c1-15-12-26-22(28)11-17(25-23(26)32-15)13-30-19-5-3-16(4-6-19)24-21(27)14-31-20-9-7-18(29-2)8-10-20/h3-12H,13-14H2,1-2H3,(H,24,27). The normalized spacial score (nSPS) is 10.7. The summed E-state index contributed by atoms with van der Waals surface area (Å²) in [5, 5.41) is 2.77. The number of benzene rings is 2. The molecule has 0 aliphatic heterocycles. The number of fused-ring (bicyclic) bond motifs is 1. The number of nitrogens with one attached hydrogen (secondary N) is 1. The van der Waals surface area contributed by atoms with E-state index in [1.54, 1.807) is 61.8 Å². The number of hydrogen-bond acceptors (Lipinski definition) is 7. The van der Waals surface area contributed by atoms with E-state index in [1.165, 1.54) is 21.8 Å². The third-order valence-corrected chi connectivity index (χ3v) is 5.39. The van der Waals surface area contributed by atoms with Gasteiger partial charge in [-0.25, -0.2) is 4.98 Å². The van der Waals surface area contributed by atoms with Crippen LogP contribution in [-0.4, -0.2) is 29.0 Å². The van der Waals surface area contributed by atoms with Gasteiger partial charge >= 0.3 is 0 Å². The number of hydrogen-bond donors (Lipinski definition) is 1. The number of nitrogens with zero attached hydrogens (tertiary/aromatic N) is 2. The lowest BCUT2D eigenvalue weighted by atomic mass is 10.3. The van der Waals surface area contributed by atoms with E-state index in [-0.39, 0.29) is 24.7 Å². The lowest BCUT2D eigenvalue weighted by Crippen LogP contribution is -2.20. The van der Waals surface area contributed by atoms with E-state index in [4.69, 9.17) is 14.2 Å². The fourth-order valence-corrected chi connectivity index (χ4v) is 3.79. The molecule has 32 heavy (non-hydrogen) atoms. The molecule has 0 saturated carbocycles. The Morgan fingerprint density at radius 2 is 1.69 bits per heavy atom. The highest BCUT2D eigenvalue weighted by Crippen LogP contribution is 2.19. The van der Waals surface area contributed by atoms with E-state index in [0.717, 1.165) is 10.6 Å². The predicted molar refractivity (Wildman–Crippen MR) is 122 cm³/mol. The summed E-state index contributed by atoms with van der Waals surface area (Å²) >= 11 is 1.45. The monoisotopic (exact) mass is 451 g/mol. The molecule has 2 aromatic heterocycles. The SMILES string of the molecule is COc1ccc(OCC(=O)Nc2ccc(OCc3cc(=O)n4cc(C)sc4n3)cc2)cc1. The number of carbonyl (C=O) groups excluding carboxylic acids is 1. The Bertz CT molecular complexity index is 1280. The van der Waals surface area contributed by atoms with E-state index in [9.17, 15) is 9.59 Å². The predicted octanol–water partition coefficient (Wildman–Crippen LogP) is 3.67. The van der Waals surface area contributed by atoms with Gasteiger partial charge in [0, 0.05) is 22.8 Å². The number of ether oxygens (including phenoxy) is 3. The van der Waals surface area contributed by atoms with Crippen LogP contribution in [0.15, 0.2) is 65.6 Å². The minimum absolute atomic E-state index is 0.115. The molecule has 0 radical (unpaired) electrons. The Labute approximate surface area is 188 Å². The molecule has 0 saturated heterocycles. The molecule has 0 aliphatic carbocycles. The third-order valence-electron chi connectivity index (χ3n) is 4.49. The molecule has 1 N–H and O–H groups in total. The molecule has 1 amide bonds. The van der Waals surface area contributed by atoms with Crippen molar-refractivity contribution in [3.05, 3.63) is 81.7 Å². The molecule has 0 unspecified atom stereocenters. The maximum atomic E-state index is 12.2. The van der Waals surface area contributed by atoms with Crippen LogP contribution in [0, 0.1) is 6.92 Å². The zero-order valence-corrected chi connectivity index (χ0v) is 18.3. The Kier molecular flexibility index (Phi) is 6.37. The van der Waals surface area contributed by atoms with Crippen LogP contribution in [0.3, 0.4) is 0 Å². The Morgan fingerprint density at radius 3 is 2.41 bits per heavy atom. The lowest BCUT2D eigenvalue weighted by molar-refractivity contribution is -0.118. The van der Waals surface area contributed by atoms with Crippen molar-refractivity contribution in [2.24, 2.45) is 0 Å². The van der Waals surface area contributed by atoms with E-state index in [1.807, 2.05) is 6.92 Å². The summed E-state index contributed by atoms with van der Waals surface area (Å²) < 4.78 is 17.8. The first-order valence-electron chi connectivity index (χ1n) is 9.78. The zero-order valence-electron chi connectivity index (χ0n) is 17.5. The van der Waals surface area contributed by atoms with Crippen molar-refractivity contribution in [1.29, 1.82) is 0 Å². The average Bonchev–Trinajstić information content (AvgIpc) is 3.18. The van der Waals surface area contributed by atoms with Gasteiger partial charge in [-0.2, -0.15) is 0 Å². The smallest absolute Gasteiger partial charge is 0.262 e. The molecule has 0 spiro atoms. The van der Waals surface area contributed by atoms with Crippen molar-refractivity contribution in [2.75, 3.05) is 19.0 Å². The number of carbonyl (C=O) groups is 1. The number of aryl methyl sites for hydroxylation is 1. The highest BCUT2D eigenvalue weighted by atomic mass is 32.1. The van der Waals surface area contributed by atoms with E-state index in [0.29, 0.717) is 27.8 Å². The molecule has 4 rings (SSSR count). The second kappa shape index (κ2) is 9.52. The molecule has 0 atom stereocenters. The minimum atomic E-state index is -0.279. The summed E-state index contributed by atoms with van der Waals surface area (Å²) in [7, 11) is 1.59. The quantitative estimate of drug-likeness (QED) is 0.440. The maximum absolute atomic E-state index is 12.2. The summed E-state index contributed by atoms with van der Waals surface area (Å²) in [6, 6.07) is 15.4. The number of methoxy groups -OCH3 is 1. The lowest BCUT2D eigenvalue weighted by Gasteiger charge is -2.09. The van der Waals surface area contributed by atoms with Gasteiger partial charge in [0.25, 0.3) is 11.5 Å². The molecule has 164 valence electrons. The largest absolute Gasteiger partial charge is 0.497 e. The number of thiazole rings is 1. The van der Waals surface area contributed by atoms with Crippen molar-refractivity contribution in [2.45, 2.75) is 13.5 Å². The second-order valence-corrected chi connectivity index (χ2v) is 8.12. The van der Waals surface area contributed by atoms with Gasteiger partial charge in [0.05, 0.1) is 12.8 Å². The molecular weight excluding hydrogens is 430 g/mol. The Morgan fingerprint density at radius 1 is 1.03 bits per heavy atom. The Balaban J connectivity index is 1.29. The van der Waals surface area contributed by atoms with Gasteiger partial charge in [0.1, 0.15) is 23.9 Å². The summed E-state index contributed by atoms with van der Waals surface area (Å²) in [5.74, 6) is 1.61. The molecule has 0 aliphatic rings. The van der Waals surface area contributed by atoms with Gasteiger partial charge in [0.15, 0.2) is 11.6 Å². The molecule has 0 bridgehead atoms. The van der Waals surface area contributed by atoms with Gasteiger partial charge in [0.2, 0.25) is 0 Å². The van der Waals surface area contributed by atoms with Crippen molar-refractivity contribution in [1.82, 2.24) is 9.38 Å². The molecule has 4 aromatic rings. The Hall–Kier alpha value is -3.85. The third kappa shape index (κ3) is 5.25. The fourth-order valence-electron chi connectivity index (χ4n) is 2.94. The fraction of sp³-hybridized carbons (Fsp3) is 0.174. The first-order chi connectivity index (χ1) is 15.5. The van der Waals surface area contributed by atoms with Crippen LogP contribution in [0.4, 0.5) is 5.69 Å². The average molecular weight is 452 g/mol. The number of anilines is 1. The summed E-state index contributed by atoms with van der Waals surface area (Å²) in [6.07, 6.45) is 1.77. The molecule has 2 aromatic carbocycles. The van der Waals surface area contributed by atoms with Crippen molar-refractivity contribution >= 4 is 27.9 Å². The molecule has 8 nitrogen and oxygen atoms in total. The van der Waals surface area contributed by atoms with Crippen LogP contribution in [0.5, 0.6) is 17.2 Å². The van der Waals surface area contributed by atoms with E-state index in [2.05, 4.69) is 10.3 Å². The van der Waals surface area contributed by atoms with Crippen LogP contribution >= 0.6 is 11.3 Å². The first kappa shape index (κ1) is 21.4.